The molecule has 142 valence electrons. The summed E-state index contributed by atoms with van der Waals surface area (Å²) in [6, 6.07) is 3.99. The minimum atomic E-state index is -1.42. The largest absolute Gasteiger partial charge is 1.00 e. The predicted molar refractivity (Wildman–Crippen MR) is 96.9 cm³/mol. The summed E-state index contributed by atoms with van der Waals surface area (Å²) in [6.45, 7) is 1.75. The molecule has 0 aromatic heterocycles. The van der Waals surface area contributed by atoms with E-state index in [0.717, 1.165) is 4.90 Å². The number of hydrogen-bond acceptors (Lipinski definition) is 7. The maximum absolute atomic E-state index is 12.5. The molecule has 0 unspecified atom stereocenters. The molecule has 0 radical (unpaired) electrons. The van der Waals surface area contributed by atoms with E-state index in [1.165, 1.54) is 36.0 Å². The summed E-state index contributed by atoms with van der Waals surface area (Å²) in [4.78, 5) is 37.5. The molecule has 0 saturated carbocycles. The second kappa shape index (κ2) is 9.15. The van der Waals surface area contributed by atoms with Gasteiger partial charge in [-0.1, -0.05) is 24.3 Å². The summed E-state index contributed by atoms with van der Waals surface area (Å²) in [5, 5.41) is 22.9. The smallest absolute Gasteiger partial charge is 0.543 e. The first-order valence-electron chi connectivity index (χ1n) is 8.22. The number of aliphatic carboxylic acids is 1. The van der Waals surface area contributed by atoms with Gasteiger partial charge in [-0.3, -0.25) is 14.5 Å². The first kappa shape index (κ1) is 22.5. The van der Waals surface area contributed by atoms with Gasteiger partial charge in [-0.25, -0.2) is 0 Å². The Morgan fingerprint density at radius 1 is 1.39 bits per heavy atom. The van der Waals surface area contributed by atoms with Crippen LogP contribution < -0.4 is 45.7 Å². The van der Waals surface area contributed by atoms with E-state index < -0.39 is 35.2 Å². The average Bonchev–Trinajstić information content (AvgIpc) is 2.65. The van der Waals surface area contributed by atoms with Gasteiger partial charge in [0.15, 0.2) is 0 Å². The molecule has 3 atom stereocenters. The number of phenolic OH excluding ortho intramolecular Hbond substituents is 1. The number of carbonyl (C=O) groups excluding carboxylic acids is 3. The molecule has 1 aromatic carbocycles. The molecule has 0 bridgehead atoms. The van der Waals surface area contributed by atoms with Crippen molar-refractivity contribution in [1.29, 1.82) is 0 Å². The quantitative estimate of drug-likeness (QED) is 0.336. The van der Waals surface area contributed by atoms with E-state index in [-0.39, 0.29) is 41.0 Å². The molecule has 3 rings (SSSR count). The number of carboxylic acids is 1. The van der Waals surface area contributed by atoms with Gasteiger partial charge in [0.2, 0.25) is 5.91 Å². The van der Waals surface area contributed by atoms with Crippen LogP contribution in [0.1, 0.15) is 18.5 Å². The van der Waals surface area contributed by atoms with Gasteiger partial charge in [0.1, 0.15) is 23.2 Å². The van der Waals surface area contributed by atoms with Gasteiger partial charge in [-0.15, -0.1) is 11.8 Å². The van der Waals surface area contributed by atoms with Crippen molar-refractivity contribution in [3.05, 3.63) is 53.3 Å². The third kappa shape index (κ3) is 4.13. The second-order valence-corrected chi connectivity index (χ2v) is 7.23. The molecule has 4 N–H and O–H groups in total. The zero-order valence-corrected chi connectivity index (χ0v) is 18.2. The molecular weight excluding hydrogens is 393 g/mol. The molecular formula is C18H18N3NaO5S. The SMILES string of the molecule is CC=CC1=C(C(=O)[O-])N2C(=O)[C@@H](NC(=O)[C@H](N)c3ccc(O)cc3)[C@@H]2SC1.[Na+]. The van der Waals surface area contributed by atoms with Crippen LogP contribution in [0.25, 0.3) is 0 Å². The summed E-state index contributed by atoms with van der Waals surface area (Å²) in [6.07, 6.45) is 3.33. The standard InChI is InChI=1S/C18H19N3O5S.Na/c1-2-3-10-8-27-17-13(16(24)21(17)14(10)18(25)26)20-15(23)12(19)9-4-6-11(22)7-5-9;/h2-7,12-13,17,22H,8,19H2,1H3,(H,20,23)(H,25,26);/q;+1/p-1/t12-,13-,17+;/m1./s1. The number of benzene rings is 1. The van der Waals surface area contributed by atoms with Crippen molar-refractivity contribution < 1.29 is 54.2 Å². The average molecular weight is 411 g/mol. The Balaban J connectivity index is 0.00000280. The van der Waals surface area contributed by atoms with Crippen molar-refractivity contribution in [1.82, 2.24) is 10.2 Å². The number of nitrogens with one attached hydrogen (secondary N) is 1. The van der Waals surface area contributed by atoms with E-state index in [1.807, 2.05) is 0 Å². The molecule has 0 aliphatic carbocycles. The number of hydrogen-bond donors (Lipinski definition) is 3. The van der Waals surface area contributed by atoms with E-state index >= 15 is 0 Å². The van der Waals surface area contributed by atoms with E-state index in [2.05, 4.69) is 5.32 Å². The third-order valence-corrected chi connectivity index (χ3v) is 5.69. The number of nitrogens with zero attached hydrogens (tertiary/aromatic N) is 1. The van der Waals surface area contributed by atoms with Gasteiger partial charge >= 0.3 is 29.6 Å². The van der Waals surface area contributed by atoms with Crippen molar-refractivity contribution in [2.45, 2.75) is 24.4 Å². The number of β-lactam (4-membered cyclic amide) rings is 1. The zero-order valence-electron chi connectivity index (χ0n) is 15.4. The number of carboxylic acid groups (broad SMARTS) is 1. The van der Waals surface area contributed by atoms with Crippen LogP contribution in [0.3, 0.4) is 0 Å². The Labute approximate surface area is 188 Å². The summed E-state index contributed by atoms with van der Waals surface area (Å²) in [5.41, 5.74) is 6.74. The van der Waals surface area contributed by atoms with Gasteiger partial charge in [-0.2, -0.15) is 0 Å². The van der Waals surface area contributed by atoms with Crippen LogP contribution in [-0.4, -0.2) is 45.0 Å². The fraction of sp³-hybridized carbons (Fsp3) is 0.278. The number of rotatable bonds is 5. The fourth-order valence-corrected chi connectivity index (χ4v) is 4.36. The second-order valence-electron chi connectivity index (χ2n) is 6.13. The topological polar surface area (TPSA) is 136 Å². The number of nitrogens with two attached hydrogens (primary N) is 1. The van der Waals surface area contributed by atoms with Crippen molar-refractivity contribution in [2.75, 3.05) is 5.75 Å². The van der Waals surface area contributed by atoms with Crippen molar-refractivity contribution in [2.24, 2.45) is 5.73 Å². The molecule has 1 aromatic rings. The number of phenols is 1. The van der Waals surface area contributed by atoms with Crippen LogP contribution in [-0.2, 0) is 14.4 Å². The number of carbonyl (C=O) groups is 3. The minimum absolute atomic E-state index is 0. The number of fused-ring (bicyclic) bond motifs is 1. The van der Waals surface area contributed by atoms with Gasteiger partial charge < -0.3 is 26.1 Å². The number of allylic oxidation sites excluding steroid dienone is 2. The van der Waals surface area contributed by atoms with Gasteiger partial charge in [-0.05, 0) is 30.2 Å². The van der Waals surface area contributed by atoms with Crippen LogP contribution in [0.4, 0.5) is 0 Å². The fourth-order valence-electron chi connectivity index (χ4n) is 3.04. The predicted octanol–water partition coefficient (Wildman–Crippen LogP) is -3.62. The summed E-state index contributed by atoms with van der Waals surface area (Å²) in [5.74, 6) is -2.06. The van der Waals surface area contributed by atoms with Crippen molar-refractivity contribution in [3.8, 4) is 5.75 Å². The van der Waals surface area contributed by atoms with Crippen LogP contribution in [0.15, 0.2) is 47.7 Å². The zero-order chi connectivity index (χ0) is 19.7. The van der Waals surface area contributed by atoms with Crippen molar-refractivity contribution >= 4 is 29.5 Å². The van der Waals surface area contributed by atoms with Crippen LogP contribution >= 0.6 is 11.8 Å². The minimum Gasteiger partial charge on any atom is -0.543 e. The van der Waals surface area contributed by atoms with Crippen LogP contribution in [0.5, 0.6) is 5.75 Å². The van der Waals surface area contributed by atoms with Crippen LogP contribution in [0.2, 0.25) is 0 Å². The van der Waals surface area contributed by atoms with Gasteiger partial charge in [0, 0.05) is 5.75 Å². The molecule has 8 nitrogen and oxygen atoms in total. The third-order valence-electron chi connectivity index (χ3n) is 4.39. The molecule has 2 aliphatic heterocycles. The maximum Gasteiger partial charge on any atom is 1.00 e. The normalized spacial score (nSPS) is 22.2. The number of thioether (sulfide) groups is 1. The van der Waals surface area contributed by atoms with E-state index in [0.29, 0.717) is 16.9 Å². The maximum atomic E-state index is 12.5. The number of amides is 2. The number of aromatic hydroxyl groups is 1. The summed E-state index contributed by atoms with van der Waals surface area (Å²) < 4.78 is 0. The Hall–Kier alpha value is -1.78. The van der Waals surface area contributed by atoms with E-state index in [9.17, 15) is 24.6 Å². The molecule has 1 fully saturated rings. The molecule has 2 heterocycles. The summed E-state index contributed by atoms with van der Waals surface area (Å²) in [7, 11) is 0. The molecule has 10 heteroatoms. The van der Waals surface area contributed by atoms with Crippen molar-refractivity contribution in [3.63, 3.8) is 0 Å². The van der Waals surface area contributed by atoms with E-state index in [4.69, 9.17) is 5.73 Å². The van der Waals surface area contributed by atoms with Gasteiger partial charge in [0.25, 0.3) is 5.91 Å². The van der Waals surface area contributed by atoms with E-state index in [1.54, 1.807) is 19.1 Å². The first-order chi connectivity index (χ1) is 12.8. The summed E-state index contributed by atoms with van der Waals surface area (Å²) >= 11 is 1.36. The molecule has 0 spiro atoms. The van der Waals surface area contributed by atoms with Gasteiger partial charge in [0.05, 0.1) is 11.7 Å². The Morgan fingerprint density at radius 3 is 2.61 bits per heavy atom. The molecule has 2 aliphatic rings. The Kier molecular flexibility index (Phi) is 7.35. The molecule has 28 heavy (non-hydrogen) atoms. The van der Waals surface area contributed by atoms with Crippen LogP contribution in [0, 0.1) is 0 Å². The monoisotopic (exact) mass is 411 g/mol. The molecule has 1 saturated heterocycles. The molecule has 2 amide bonds. The first-order valence-corrected chi connectivity index (χ1v) is 9.26. The Morgan fingerprint density at radius 2 is 2.04 bits per heavy atom. The Bertz CT molecular complexity index is 855.